The van der Waals surface area contributed by atoms with Gasteiger partial charge >= 0.3 is 6.09 Å². The molecular formula is C22H20N8O4. The van der Waals surface area contributed by atoms with Gasteiger partial charge in [-0.05, 0) is 25.1 Å². The van der Waals surface area contributed by atoms with Gasteiger partial charge in [0.2, 0.25) is 0 Å². The van der Waals surface area contributed by atoms with Gasteiger partial charge < -0.3 is 24.2 Å². The van der Waals surface area contributed by atoms with Gasteiger partial charge in [0.1, 0.15) is 17.6 Å². The molecule has 1 aliphatic rings. The molecular weight excluding hydrogens is 440 g/mol. The van der Waals surface area contributed by atoms with Gasteiger partial charge in [-0.3, -0.25) is 0 Å². The highest BCUT2D eigenvalue weighted by Gasteiger charge is 2.21. The Labute approximate surface area is 193 Å². The van der Waals surface area contributed by atoms with Crippen LogP contribution >= 0.6 is 0 Å². The van der Waals surface area contributed by atoms with Gasteiger partial charge in [-0.1, -0.05) is 5.16 Å². The first-order valence-corrected chi connectivity index (χ1v) is 10.5. The number of rotatable bonds is 5. The summed E-state index contributed by atoms with van der Waals surface area (Å²) in [7, 11) is 0. The Bertz CT molecular complexity index is 1380. The van der Waals surface area contributed by atoms with Crippen molar-refractivity contribution in [2.75, 3.05) is 31.1 Å². The Morgan fingerprint density at radius 3 is 2.74 bits per heavy atom. The Hall–Kier alpha value is -4.66. The normalized spacial score (nSPS) is 13.8. The van der Waals surface area contributed by atoms with Crippen LogP contribution in [0.15, 0.2) is 41.3 Å². The third-order valence-electron chi connectivity index (χ3n) is 5.57. The van der Waals surface area contributed by atoms with Crippen LogP contribution in [-0.4, -0.2) is 67.0 Å². The molecule has 1 aliphatic heterocycles. The smallest absolute Gasteiger partial charge is 0.407 e. The molecule has 12 nitrogen and oxygen atoms in total. The summed E-state index contributed by atoms with van der Waals surface area (Å²) < 4.78 is 12.5. The zero-order valence-electron chi connectivity index (χ0n) is 18.2. The van der Waals surface area contributed by atoms with E-state index in [1.54, 1.807) is 23.8 Å². The van der Waals surface area contributed by atoms with Crippen LogP contribution in [-0.2, 0) is 6.61 Å². The molecule has 1 N–H and O–H groups in total. The number of fused-ring (bicyclic) bond motifs is 1. The number of amides is 1. The predicted molar refractivity (Wildman–Crippen MR) is 118 cm³/mol. The molecule has 12 heteroatoms. The average molecular weight is 460 g/mol. The van der Waals surface area contributed by atoms with E-state index in [0.717, 1.165) is 16.9 Å². The van der Waals surface area contributed by atoms with Gasteiger partial charge in [-0.2, -0.15) is 15.3 Å². The number of hydrogen-bond acceptors (Lipinski definition) is 9. The minimum absolute atomic E-state index is 0.0949. The van der Waals surface area contributed by atoms with Gasteiger partial charge in [-0.15, -0.1) is 0 Å². The number of nitrogens with zero attached hydrogens (tertiary/aromatic N) is 8. The summed E-state index contributed by atoms with van der Waals surface area (Å²) in [6.07, 6.45) is 4.02. The van der Waals surface area contributed by atoms with Gasteiger partial charge in [0.25, 0.3) is 5.89 Å². The van der Waals surface area contributed by atoms with E-state index < -0.39 is 6.09 Å². The summed E-state index contributed by atoms with van der Waals surface area (Å²) in [5, 5.41) is 26.7. The molecule has 1 saturated heterocycles. The second kappa shape index (κ2) is 8.70. The molecule has 0 aromatic carbocycles. The quantitative estimate of drug-likeness (QED) is 0.471. The molecule has 0 saturated carbocycles. The third kappa shape index (κ3) is 4.06. The van der Waals surface area contributed by atoms with Crippen LogP contribution in [0.25, 0.3) is 16.6 Å². The zero-order valence-corrected chi connectivity index (χ0v) is 18.2. The lowest BCUT2D eigenvalue weighted by molar-refractivity contribution is 0.142. The first-order chi connectivity index (χ1) is 16.5. The molecule has 34 heavy (non-hydrogen) atoms. The van der Waals surface area contributed by atoms with Crippen LogP contribution in [0.2, 0.25) is 0 Å². The fraction of sp³-hybridized carbons (Fsp3) is 0.273. The predicted octanol–water partition coefficient (Wildman–Crippen LogP) is 2.34. The lowest BCUT2D eigenvalue weighted by atomic mass is 10.1. The number of carboxylic acid groups (broad SMARTS) is 1. The van der Waals surface area contributed by atoms with E-state index in [9.17, 15) is 10.1 Å². The Morgan fingerprint density at radius 2 is 2.09 bits per heavy atom. The van der Waals surface area contributed by atoms with Crippen LogP contribution in [0, 0.1) is 18.3 Å². The summed E-state index contributed by atoms with van der Waals surface area (Å²) in [4.78, 5) is 23.3. The molecule has 4 aromatic heterocycles. The third-order valence-corrected chi connectivity index (χ3v) is 5.57. The van der Waals surface area contributed by atoms with Crippen molar-refractivity contribution in [1.82, 2.24) is 29.6 Å². The highest BCUT2D eigenvalue weighted by Crippen LogP contribution is 2.31. The molecule has 0 aliphatic carbocycles. The maximum atomic E-state index is 11.1. The van der Waals surface area contributed by atoms with Crippen LogP contribution in [0.5, 0.6) is 5.75 Å². The number of pyridine rings is 2. The van der Waals surface area contributed by atoms with Crippen LogP contribution in [0.3, 0.4) is 0 Å². The van der Waals surface area contributed by atoms with Gasteiger partial charge in [0, 0.05) is 43.5 Å². The molecule has 0 bridgehead atoms. The highest BCUT2D eigenvalue weighted by atomic mass is 16.5. The first-order valence-electron chi connectivity index (χ1n) is 10.5. The van der Waals surface area contributed by atoms with Crippen LogP contribution in [0.4, 0.5) is 10.6 Å². The largest absolute Gasteiger partial charge is 0.482 e. The van der Waals surface area contributed by atoms with E-state index in [-0.39, 0.29) is 6.61 Å². The zero-order chi connectivity index (χ0) is 23.7. The number of nitriles is 1. The molecule has 1 amide bonds. The number of aromatic nitrogens is 5. The number of ether oxygens (including phenoxy) is 1. The average Bonchev–Trinajstić information content (AvgIpc) is 3.48. The maximum Gasteiger partial charge on any atom is 0.407 e. The molecule has 5 rings (SSSR count). The van der Waals surface area contributed by atoms with Gasteiger partial charge in [0.05, 0.1) is 23.5 Å². The van der Waals surface area contributed by atoms with Crippen molar-refractivity contribution in [3.8, 4) is 22.9 Å². The Morgan fingerprint density at radius 1 is 1.26 bits per heavy atom. The van der Waals surface area contributed by atoms with Crippen molar-refractivity contribution in [3.05, 3.63) is 54.1 Å². The fourth-order valence-electron chi connectivity index (χ4n) is 3.88. The van der Waals surface area contributed by atoms with E-state index >= 15 is 0 Å². The Kier molecular flexibility index (Phi) is 5.43. The van der Waals surface area contributed by atoms with Crippen molar-refractivity contribution in [2.45, 2.75) is 13.5 Å². The summed E-state index contributed by atoms with van der Waals surface area (Å²) in [6, 6.07) is 7.81. The molecule has 4 aromatic rings. The summed E-state index contributed by atoms with van der Waals surface area (Å²) in [6.45, 7) is 3.83. The standard InChI is InChI=1S/C22H20N8O4/c1-14-26-20(34-27-14)13-33-17-8-18(21-16(9-23)11-25-30(21)12-17)15-2-3-19(24-10-15)28-4-6-29(7-5-28)22(31)32/h2-3,8,10-12H,4-7,13H2,1H3,(H,31,32). The van der Waals surface area contributed by atoms with E-state index in [1.165, 1.54) is 11.1 Å². The molecule has 0 radical (unpaired) electrons. The maximum absolute atomic E-state index is 11.1. The Balaban J connectivity index is 1.43. The fourth-order valence-corrected chi connectivity index (χ4v) is 3.88. The summed E-state index contributed by atoms with van der Waals surface area (Å²) in [5.74, 6) is 2.15. The molecule has 5 heterocycles. The van der Waals surface area contributed by atoms with Gasteiger partial charge in [-0.25, -0.2) is 14.3 Å². The number of anilines is 1. The van der Waals surface area contributed by atoms with E-state index in [1.807, 2.05) is 23.1 Å². The summed E-state index contributed by atoms with van der Waals surface area (Å²) in [5.41, 5.74) is 2.60. The number of carbonyl (C=O) groups is 1. The number of piperazine rings is 1. The molecule has 0 spiro atoms. The van der Waals surface area contributed by atoms with Crippen molar-refractivity contribution < 1.29 is 19.2 Å². The van der Waals surface area contributed by atoms with E-state index in [0.29, 0.717) is 54.7 Å². The molecule has 1 fully saturated rings. The highest BCUT2D eigenvalue weighted by molar-refractivity contribution is 5.85. The topological polar surface area (TPSA) is 146 Å². The molecule has 0 unspecified atom stereocenters. The second-order valence-electron chi connectivity index (χ2n) is 7.74. The van der Waals surface area contributed by atoms with Crippen LogP contribution in [0.1, 0.15) is 17.3 Å². The molecule has 0 atom stereocenters. The number of aryl methyl sites for hydroxylation is 1. The van der Waals surface area contributed by atoms with Crippen molar-refractivity contribution in [3.63, 3.8) is 0 Å². The number of hydrogen-bond donors (Lipinski definition) is 1. The van der Waals surface area contributed by atoms with Crippen molar-refractivity contribution >= 4 is 17.4 Å². The van der Waals surface area contributed by atoms with Crippen LogP contribution < -0.4 is 9.64 Å². The summed E-state index contributed by atoms with van der Waals surface area (Å²) >= 11 is 0. The minimum Gasteiger partial charge on any atom is -0.482 e. The molecule has 172 valence electrons. The first kappa shape index (κ1) is 21.2. The van der Waals surface area contributed by atoms with Crippen molar-refractivity contribution in [1.29, 1.82) is 5.26 Å². The van der Waals surface area contributed by atoms with E-state index in [4.69, 9.17) is 14.4 Å². The van der Waals surface area contributed by atoms with Gasteiger partial charge in [0.15, 0.2) is 12.4 Å². The van der Waals surface area contributed by atoms with E-state index in [2.05, 4.69) is 26.3 Å². The van der Waals surface area contributed by atoms with Crippen molar-refractivity contribution in [2.24, 2.45) is 0 Å². The lowest BCUT2D eigenvalue weighted by Crippen LogP contribution is -2.48. The monoisotopic (exact) mass is 460 g/mol. The minimum atomic E-state index is -0.905. The SMILES string of the molecule is Cc1noc(COc2cc(-c3ccc(N4CCN(C(=O)O)CC4)nc3)c3c(C#N)cnn3c2)n1. The second-order valence-corrected chi connectivity index (χ2v) is 7.74. The lowest BCUT2D eigenvalue weighted by Gasteiger charge is -2.33.